The Hall–Kier alpha value is -2.15. The largest absolute Gasteiger partial charge is 0.496 e. The van der Waals surface area contributed by atoms with Crippen molar-refractivity contribution in [3.05, 3.63) is 29.6 Å². The Morgan fingerprint density at radius 3 is 2.62 bits per heavy atom. The van der Waals surface area contributed by atoms with Crippen LogP contribution in [0, 0.1) is 11.7 Å². The Labute approximate surface area is 140 Å². The first-order chi connectivity index (χ1) is 11.4. The number of carboxylic acids is 1. The standard InChI is InChI=1S/C17H23FN2O4/c1-11(21)19-10-12-5-7-20(8-6-12)16(17(22)23)14-9-13(18)3-4-15(14)24-2/h3-4,9,12,16H,5-8,10H2,1-2H3,(H,19,21)(H,22,23). The SMILES string of the molecule is COc1ccc(F)cc1C(C(=O)O)N1CCC(CNC(C)=O)CC1. The molecule has 24 heavy (non-hydrogen) atoms. The van der Waals surface area contributed by atoms with Crippen molar-refractivity contribution in [2.24, 2.45) is 5.92 Å². The van der Waals surface area contributed by atoms with Crippen LogP contribution in [0.3, 0.4) is 0 Å². The average Bonchev–Trinajstić information content (AvgIpc) is 2.54. The molecule has 1 heterocycles. The molecule has 1 aliphatic heterocycles. The van der Waals surface area contributed by atoms with Crippen LogP contribution >= 0.6 is 0 Å². The second-order valence-electron chi connectivity index (χ2n) is 6.04. The Morgan fingerprint density at radius 2 is 2.08 bits per heavy atom. The zero-order chi connectivity index (χ0) is 17.7. The van der Waals surface area contributed by atoms with E-state index < -0.39 is 17.8 Å². The van der Waals surface area contributed by atoms with Gasteiger partial charge in [-0.1, -0.05) is 0 Å². The van der Waals surface area contributed by atoms with Crippen LogP contribution < -0.4 is 10.1 Å². The lowest BCUT2D eigenvalue weighted by molar-refractivity contribution is -0.144. The summed E-state index contributed by atoms with van der Waals surface area (Å²) in [5, 5.41) is 12.5. The molecular weight excluding hydrogens is 315 g/mol. The second-order valence-corrected chi connectivity index (χ2v) is 6.04. The van der Waals surface area contributed by atoms with E-state index in [9.17, 15) is 19.1 Å². The number of nitrogens with one attached hydrogen (secondary N) is 1. The molecule has 0 aliphatic carbocycles. The van der Waals surface area contributed by atoms with Gasteiger partial charge in [0.1, 0.15) is 17.6 Å². The molecule has 7 heteroatoms. The fourth-order valence-corrected chi connectivity index (χ4v) is 3.11. The maximum Gasteiger partial charge on any atom is 0.325 e. The van der Waals surface area contributed by atoms with Crippen LogP contribution in [-0.4, -0.2) is 48.6 Å². The van der Waals surface area contributed by atoms with Crippen LogP contribution in [0.5, 0.6) is 5.75 Å². The van der Waals surface area contributed by atoms with E-state index in [0.29, 0.717) is 36.9 Å². The number of halogens is 1. The molecule has 2 N–H and O–H groups in total. The number of rotatable bonds is 6. The van der Waals surface area contributed by atoms with Crippen LogP contribution in [0.2, 0.25) is 0 Å². The molecule has 0 radical (unpaired) electrons. The first-order valence-corrected chi connectivity index (χ1v) is 7.97. The summed E-state index contributed by atoms with van der Waals surface area (Å²) in [6.07, 6.45) is 1.56. The molecule has 1 saturated heterocycles. The van der Waals surface area contributed by atoms with Gasteiger partial charge in [0.25, 0.3) is 0 Å². The molecule has 1 fully saturated rings. The van der Waals surface area contributed by atoms with E-state index >= 15 is 0 Å². The molecule has 0 aromatic heterocycles. The highest BCUT2D eigenvalue weighted by molar-refractivity contribution is 5.76. The molecular formula is C17H23FN2O4. The number of likely N-dealkylation sites (tertiary alicyclic amines) is 1. The monoisotopic (exact) mass is 338 g/mol. The predicted octanol–water partition coefficient (Wildman–Crippen LogP) is 1.81. The summed E-state index contributed by atoms with van der Waals surface area (Å²) >= 11 is 0. The van der Waals surface area contributed by atoms with Gasteiger partial charge in [-0.15, -0.1) is 0 Å². The van der Waals surface area contributed by atoms with Crippen LogP contribution in [0.15, 0.2) is 18.2 Å². The fraction of sp³-hybridized carbons (Fsp3) is 0.529. The number of carbonyl (C=O) groups is 2. The van der Waals surface area contributed by atoms with Crippen molar-refractivity contribution in [3.8, 4) is 5.75 Å². The van der Waals surface area contributed by atoms with Gasteiger partial charge >= 0.3 is 5.97 Å². The van der Waals surface area contributed by atoms with E-state index in [2.05, 4.69) is 5.32 Å². The van der Waals surface area contributed by atoms with Gasteiger partial charge in [-0.25, -0.2) is 4.39 Å². The number of aliphatic carboxylic acids is 1. The number of methoxy groups -OCH3 is 1. The minimum atomic E-state index is -1.03. The molecule has 2 rings (SSSR count). The molecule has 1 unspecified atom stereocenters. The summed E-state index contributed by atoms with van der Waals surface area (Å²) in [6, 6.07) is 2.98. The molecule has 1 aromatic rings. The van der Waals surface area contributed by atoms with Crippen LogP contribution in [0.4, 0.5) is 4.39 Å². The number of benzene rings is 1. The van der Waals surface area contributed by atoms with E-state index in [4.69, 9.17) is 4.74 Å². The molecule has 0 spiro atoms. The normalized spacial score (nSPS) is 17.3. The van der Waals surface area contributed by atoms with E-state index in [1.165, 1.54) is 32.2 Å². The molecule has 1 aliphatic rings. The van der Waals surface area contributed by atoms with Crippen molar-refractivity contribution in [1.29, 1.82) is 0 Å². The Kier molecular flexibility index (Phi) is 6.14. The van der Waals surface area contributed by atoms with Crippen molar-refractivity contribution < 1.29 is 23.8 Å². The molecule has 6 nitrogen and oxygen atoms in total. The number of hydrogen-bond acceptors (Lipinski definition) is 4. The first-order valence-electron chi connectivity index (χ1n) is 7.97. The van der Waals surface area contributed by atoms with Gasteiger partial charge in [0, 0.05) is 19.0 Å². The Balaban J connectivity index is 2.12. The number of nitrogens with zero attached hydrogens (tertiary/aromatic N) is 1. The van der Waals surface area contributed by atoms with Crippen molar-refractivity contribution in [3.63, 3.8) is 0 Å². The van der Waals surface area contributed by atoms with Gasteiger partial charge in [0.2, 0.25) is 5.91 Å². The van der Waals surface area contributed by atoms with Gasteiger partial charge in [0.15, 0.2) is 0 Å². The van der Waals surface area contributed by atoms with Crippen LogP contribution in [0.25, 0.3) is 0 Å². The summed E-state index contributed by atoms with van der Waals surface area (Å²) in [5.74, 6) is -0.889. The van der Waals surface area contributed by atoms with Crippen molar-refractivity contribution >= 4 is 11.9 Å². The highest BCUT2D eigenvalue weighted by Gasteiger charge is 2.33. The minimum Gasteiger partial charge on any atom is -0.496 e. The highest BCUT2D eigenvalue weighted by atomic mass is 19.1. The summed E-state index contributed by atoms with van der Waals surface area (Å²) < 4.78 is 18.8. The number of amides is 1. The zero-order valence-corrected chi connectivity index (χ0v) is 13.9. The lowest BCUT2D eigenvalue weighted by Crippen LogP contribution is -2.42. The van der Waals surface area contributed by atoms with Crippen LogP contribution in [-0.2, 0) is 9.59 Å². The van der Waals surface area contributed by atoms with E-state index in [0.717, 1.165) is 12.8 Å². The quantitative estimate of drug-likeness (QED) is 0.827. The third kappa shape index (κ3) is 4.44. The maximum atomic E-state index is 13.6. The zero-order valence-electron chi connectivity index (χ0n) is 13.9. The van der Waals surface area contributed by atoms with Crippen LogP contribution in [0.1, 0.15) is 31.4 Å². The van der Waals surface area contributed by atoms with Gasteiger partial charge < -0.3 is 15.2 Å². The Morgan fingerprint density at radius 1 is 1.42 bits per heavy atom. The van der Waals surface area contributed by atoms with Gasteiger partial charge in [0.05, 0.1) is 7.11 Å². The van der Waals surface area contributed by atoms with E-state index in [-0.39, 0.29) is 5.91 Å². The summed E-state index contributed by atoms with van der Waals surface area (Å²) in [7, 11) is 1.44. The predicted molar refractivity (Wildman–Crippen MR) is 86.3 cm³/mol. The van der Waals surface area contributed by atoms with E-state index in [1.54, 1.807) is 0 Å². The summed E-state index contributed by atoms with van der Waals surface area (Å²) in [5.41, 5.74) is 0.324. The number of ether oxygens (including phenoxy) is 1. The number of hydrogen-bond donors (Lipinski definition) is 2. The third-order valence-electron chi connectivity index (χ3n) is 4.37. The molecule has 0 bridgehead atoms. The summed E-state index contributed by atoms with van der Waals surface area (Å²) in [4.78, 5) is 24.6. The van der Waals surface area contributed by atoms with Gasteiger partial charge in [-0.2, -0.15) is 0 Å². The number of piperidine rings is 1. The van der Waals surface area contributed by atoms with Crippen molar-refractivity contribution in [1.82, 2.24) is 10.2 Å². The smallest absolute Gasteiger partial charge is 0.325 e. The maximum absolute atomic E-state index is 13.6. The van der Waals surface area contributed by atoms with Crippen molar-refractivity contribution in [2.45, 2.75) is 25.8 Å². The average molecular weight is 338 g/mol. The highest BCUT2D eigenvalue weighted by Crippen LogP contribution is 2.33. The van der Waals surface area contributed by atoms with Gasteiger partial charge in [-0.3, -0.25) is 14.5 Å². The van der Waals surface area contributed by atoms with Gasteiger partial charge in [-0.05, 0) is 50.0 Å². The van der Waals surface area contributed by atoms with Crippen molar-refractivity contribution in [2.75, 3.05) is 26.7 Å². The Bertz CT molecular complexity index is 600. The number of carboxylic acid groups (broad SMARTS) is 1. The number of carbonyl (C=O) groups excluding carboxylic acids is 1. The topological polar surface area (TPSA) is 78.9 Å². The summed E-state index contributed by atoms with van der Waals surface area (Å²) in [6.45, 7) is 3.22. The molecule has 132 valence electrons. The fourth-order valence-electron chi connectivity index (χ4n) is 3.11. The molecule has 0 saturated carbocycles. The third-order valence-corrected chi connectivity index (χ3v) is 4.37. The second kappa shape index (κ2) is 8.10. The lowest BCUT2D eigenvalue weighted by atomic mass is 9.93. The molecule has 1 amide bonds. The molecule has 1 atom stereocenters. The minimum absolute atomic E-state index is 0.0645. The lowest BCUT2D eigenvalue weighted by Gasteiger charge is -2.36. The molecule has 1 aromatic carbocycles. The van der Waals surface area contributed by atoms with E-state index in [1.807, 2.05) is 4.90 Å². The first kappa shape index (κ1) is 18.2.